The predicted molar refractivity (Wildman–Crippen MR) is 82.9 cm³/mol. The maximum absolute atomic E-state index is 12.6. The zero-order valence-electron chi connectivity index (χ0n) is 13.4. The van der Waals surface area contributed by atoms with Crippen LogP contribution in [0.2, 0.25) is 0 Å². The molecule has 0 saturated carbocycles. The largest absolute Gasteiger partial charge is 0.313 e. The molecular formula is C14H32N2O2S. The average molecular weight is 292 g/mol. The molecule has 0 bridgehead atoms. The number of sulfonamides is 1. The highest BCUT2D eigenvalue weighted by molar-refractivity contribution is 7.89. The summed E-state index contributed by atoms with van der Waals surface area (Å²) < 4.78 is 27.0. The summed E-state index contributed by atoms with van der Waals surface area (Å²) in [6.07, 6.45) is 2.79. The van der Waals surface area contributed by atoms with Crippen LogP contribution in [0.4, 0.5) is 0 Å². The van der Waals surface area contributed by atoms with E-state index in [9.17, 15) is 8.42 Å². The summed E-state index contributed by atoms with van der Waals surface area (Å²) in [5.74, 6) is 0. The summed E-state index contributed by atoms with van der Waals surface area (Å²) in [6.45, 7) is 13.1. The fourth-order valence-electron chi connectivity index (χ4n) is 1.85. The average Bonchev–Trinajstić information content (AvgIpc) is 2.35. The molecule has 5 heteroatoms. The van der Waals surface area contributed by atoms with Crippen molar-refractivity contribution in [2.24, 2.45) is 0 Å². The second-order valence-corrected chi connectivity index (χ2v) is 7.94. The van der Waals surface area contributed by atoms with Crippen molar-refractivity contribution >= 4 is 10.0 Å². The van der Waals surface area contributed by atoms with Crippen molar-refractivity contribution in [3.8, 4) is 0 Å². The van der Waals surface area contributed by atoms with Crippen LogP contribution >= 0.6 is 0 Å². The molecule has 0 heterocycles. The maximum atomic E-state index is 12.6. The lowest BCUT2D eigenvalue weighted by Crippen LogP contribution is -2.47. The lowest BCUT2D eigenvalue weighted by atomic mass is 10.2. The van der Waals surface area contributed by atoms with E-state index in [0.717, 1.165) is 19.3 Å². The molecule has 2 atom stereocenters. The predicted octanol–water partition coefficient (Wildman–Crippen LogP) is 2.60. The molecular weight excluding hydrogens is 260 g/mol. The van der Waals surface area contributed by atoms with Crippen LogP contribution in [-0.2, 0) is 10.0 Å². The van der Waals surface area contributed by atoms with Crippen molar-refractivity contribution < 1.29 is 8.42 Å². The van der Waals surface area contributed by atoms with E-state index in [4.69, 9.17) is 0 Å². The van der Waals surface area contributed by atoms with E-state index < -0.39 is 10.0 Å². The van der Waals surface area contributed by atoms with Crippen molar-refractivity contribution in [1.82, 2.24) is 9.62 Å². The molecule has 2 unspecified atom stereocenters. The zero-order valence-corrected chi connectivity index (χ0v) is 14.3. The lowest BCUT2D eigenvalue weighted by molar-refractivity contribution is 0.319. The molecule has 0 saturated heterocycles. The van der Waals surface area contributed by atoms with E-state index >= 15 is 0 Å². The Morgan fingerprint density at radius 3 is 2.11 bits per heavy atom. The van der Waals surface area contributed by atoms with E-state index in [-0.39, 0.29) is 11.3 Å². The number of hydrogen-bond donors (Lipinski definition) is 1. The Kier molecular flexibility index (Phi) is 8.86. The van der Waals surface area contributed by atoms with Crippen LogP contribution in [0.3, 0.4) is 0 Å². The highest BCUT2D eigenvalue weighted by Crippen LogP contribution is 2.16. The molecule has 0 aromatic rings. The third kappa shape index (κ3) is 6.23. The number of unbranched alkanes of at least 4 members (excludes halogenated alkanes) is 1. The monoisotopic (exact) mass is 292 g/mol. The van der Waals surface area contributed by atoms with Gasteiger partial charge >= 0.3 is 0 Å². The van der Waals surface area contributed by atoms with Gasteiger partial charge in [-0.05, 0) is 26.7 Å². The first-order valence-corrected chi connectivity index (χ1v) is 9.01. The third-order valence-electron chi connectivity index (χ3n) is 3.46. The van der Waals surface area contributed by atoms with Crippen LogP contribution in [0.25, 0.3) is 0 Å². The SMILES string of the molecule is CCCCN(C(C)CC)S(=O)(=O)C(C)CNC(C)C. The van der Waals surface area contributed by atoms with E-state index in [1.807, 2.05) is 27.7 Å². The van der Waals surface area contributed by atoms with Gasteiger partial charge in [-0.2, -0.15) is 4.31 Å². The summed E-state index contributed by atoms with van der Waals surface area (Å²) in [7, 11) is -3.21. The first kappa shape index (κ1) is 18.9. The van der Waals surface area contributed by atoms with E-state index in [0.29, 0.717) is 19.1 Å². The van der Waals surface area contributed by atoms with Gasteiger partial charge in [0, 0.05) is 25.2 Å². The summed E-state index contributed by atoms with van der Waals surface area (Å²) in [4.78, 5) is 0. The molecule has 0 fully saturated rings. The van der Waals surface area contributed by atoms with E-state index in [1.165, 1.54) is 0 Å². The lowest BCUT2D eigenvalue weighted by Gasteiger charge is -2.30. The van der Waals surface area contributed by atoms with Crippen LogP contribution in [0, 0.1) is 0 Å². The topological polar surface area (TPSA) is 49.4 Å². The number of nitrogens with one attached hydrogen (secondary N) is 1. The molecule has 0 amide bonds. The molecule has 0 radical (unpaired) electrons. The smallest absolute Gasteiger partial charge is 0.218 e. The third-order valence-corrected chi connectivity index (χ3v) is 5.84. The Labute approximate surface area is 120 Å². The first-order valence-electron chi connectivity index (χ1n) is 7.51. The molecule has 1 N–H and O–H groups in total. The highest BCUT2D eigenvalue weighted by atomic mass is 32.2. The molecule has 0 aromatic heterocycles. The van der Waals surface area contributed by atoms with Gasteiger partial charge in [0.1, 0.15) is 0 Å². The zero-order chi connectivity index (χ0) is 15.1. The number of nitrogens with zero attached hydrogens (tertiary/aromatic N) is 1. The summed E-state index contributed by atoms with van der Waals surface area (Å²) in [5.41, 5.74) is 0. The van der Waals surface area contributed by atoms with Crippen LogP contribution in [-0.4, -0.2) is 43.1 Å². The molecule has 0 aromatic carbocycles. The van der Waals surface area contributed by atoms with Gasteiger partial charge in [0.2, 0.25) is 10.0 Å². The fraction of sp³-hybridized carbons (Fsp3) is 1.00. The summed E-state index contributed by atoms with van der Waals surface area (Å²) in [6, 6.07) is 0.392. The van der Waals surface area contributed by atoms with Crippen LogP contribution in [0.15, 0.2) is 0 Å². The van der Waals surface area contributed by atoms with Gasteiger partial charge in [0.25, 0.3) is 0 Å². The van der Waals surface area contributed by atoms with Crippen LogP contribution in [0.1, 0.15) is 60.8 Å². The van der Waals surface area contributed by atoms with Crippen molar-refractivity contribution in [2.75, 3.05) is 13.1 Å². The van der Waals surface area contributed by atoms with Gasteiger partial charge in [-0.15, -0.1) is 0 Å². The van der Waals surface area contributed by atoms with Gasteiger partial charge in [-0.1, -0.05) is 34.1 Å². The number of hydrogen-bond acceptors (Lipinski definition) is 3. The maximum Gasteiger partial charge on any atom is 0.218 e. The molecule has 0 aliphatic rings. The van der Waals surface area contributed by atoms with Gasteiger partial charge in [0.15, 0.2) is 0 Å². The Morgan fingerprint density at radius 1 is 1.11 bits per heavy atom. The minimum Gasteiger partial charge on any atom is -0.313 e. The Morgan fingerprint density at radius 2 is 1.68 bits per heavy atom. The van der Waals surface area contributed by atoms with Crippen molar-refractivity contribution in [3.63, 3.8) is 0 Å². The van der Waals surface area contributed by atoms with Gasteiger partial charge in [0.05, 0.1) is 5.25 Å². The molecule has 0 aliphatic carbocycles. The second-order valence-electron chi connectivity index (χ2n) is 5.64. The fourth-order valence-corrected chi connectivity index (χ4v) is 3.66. The summed E-state index contributed by atoms with van der Waals surface area (Å²) in [5, 5.41) is 2.84. The number of rotatable bonds is 10. The van der Waals surface area contributed by atoms with Crippen LogP contribution in [0.5, 0.6) is 0 Å². The Bertz CT molecular complexity index is 328. The molecule has 19 heavy (non-hydrogen) atoms. The molecule has 4 nitrogen and oxygen atoms in total. The Hall–Kier alpha value is -0.130. The van der Waals surface area contributed by atoms with Gasteiger partial charge < -0.3 is 5.32 Å². The van der Waals surface area contributed by atoms with Crippen molar-refractivity contribution in [3.05, 3.63) is 0 Å². The molecule has 0 rings (SSSR count). The standard InChI is InChI=1S/C14H32N2O2S/c1-7-9-10-16(13(5)8-2)19(17,18)14(6)11-15-12(3)4/h12-15H,7-11H2,1-6H3. The quantitative estimate of drug-likeness (QED) is 0.673. The normalized spacial score (nSPS) is 16.0. The molecule has 0 spiro atoms. The minimum atomic E-state index is -3.21. The van der Waals surface area contributed by atoms with E-state index in [1.54, 1.807) is 11.2 Å². The van der Waals surface area contributed by atoms with Gasteiger partial charge in [-0.25, -0.2) is 8.42 Å². The minimum absolute atomic E-state index is 0.0815. The van der Waals surface area contributed by atoms with Crippen molar-refractivity contribution in [1.29, 1.82) is 0 Å². The summed E-state index contributed by atoms with van der Waals surface area (Å²) >= 11 is 0. The second kappa shape index (κ2) is 8.93. The molecule has 116 valence electrons. The molecule has 0 aliphatic heterocycles. The van der Waals surface area contributed by atoms with Crippen LogP contribution < -0.4 is 5.32 Å². The van der Waals surface area contributed by atoms with E-state index in [2.05, 4.69) is 12.2 Å². The Balaban J connectivity index is 4.85. The highest BCUT2D eigenvalue weighted by Gasteiger charge is 2.31. The van der Waals surface area contributed by atoms with Gasteiger partial charge in [-0.3, -0.25) is 0 Å². The first-order chi connectivity index (χ1) is 8.77. The van der Waals surface area contributed by atoms with Crippen molar-refractivity contribution in [2.45, 2.75) is 78.1 Å².